The molecule has 0 amide bonds. The van der Waals surface area contributed by atoms with Crippen LogP contribution in [0.1, 0.15) is 65.5 Å². The van der Waals surface area contributed by atoms with Gasteiger partial charge in [-0.25, -0.2) is 0 Å². The zero-order chi connectivity index (χ0) is 15.0. The largest absolute Gasteiger partial charge is 0.0645 e. The summed E-state index contributed by atoms with van der Waals surface area (Å²) in [7, 11) is 0. The Kier molecular flexibility index (Phi) is 3.95. The maximum Gasteiger partial charge on any atom is -0.00800 e. The van der Waals surface area contributed by atoms with Crippen molar-refractivity contribution >= 4 is 0 Å². The first kappa shape index (κ1) is 15.1. The second-order valence-electron chi connectivity index (χ2n) is 7.29. The van der Waals surface area contributed by atoms with Crippen LogP contribution in [0.3, 0.4) is 0 Å². The van der Waals surface area contributed by atoms with Crippen LogP contribution in [-0.4, -0.2) is 0 Å². The molecule has 0 aliphatic heterocycles. The van der Waals surface area contributed by atoms with Crippen molar-refractivity contribution in [2.75, 3.05) is 0 Å². The minimum atomic E-state index is 0.209. The number of hydrogen-bond donors (Lipinski definition) is 0. The van der Waals surface area contributed by atoms with Crippen LogP contribution in [0, 0.1) is 0 Å². The Morgan fingerprint density at radius 1 is 0.700 bits per heavy atom. The minimum absolute atomic E-state index is 0.209. The maximum absolute atomic E-state index is 2.38. The molecule has 0 saturated carbocycles. The maximum atomic E-state index is 2.38. The van der Waals surface area contributed by atoms with E-state index < -0.39 is 0 Å². The lowest BCUT2D eigenvalue weighted by Crippen LogP contribution is -2.18. The van der Waals surface area contributed by atoms with E-state index in [0.717, 1.165) is 0 Å². The molecule has 0 spiro atoms. The highest BCUT2D eigenvalue weighted by Crippen LogP contribution is 2.37. The SMILES string of the molecule is CCC(C)(CC)c1cc2ccc(C(C)(C)C)ccc-2c1. The second-order valence-corrected chi connectivity index (χ2v) is 7.29. The van der Waals surface area contributed by atoms with Gasteiger partial charge in [0.25, 0.3) is 0 Å². The van der Waals surface area contributed by atoms with E-state index in [-0.39, 0.29) is 5.41 Å². The summed E-state index contributed by atoms with van der Waals surface area (Å²) < 4.78 is 0. The lowest BCUT2D eigenvalue weighted by atomic mass is 9.79. The lowest BCUT2D eigenvalue weighted by molar-refractivity contribution is 0.440. The normalized spacial score (nSPS) is 12.9. The van der Waals surface area contributed by atoms with Crippen LogP contribution in [-0.2, 0) is 10.8 Å². The van der Waals surface area contributed by atoms with E-state index in [1.54, 1.807) is 0 Å². The molecule has 0 unspecified atom stereocenters. The monoisotopic (exact) mass is 268 g/mol. The fourth-order valence-corrected chi connectivity index (χ4v) is 2.75. The highest BCUT2D eigenvalue weighted by molar-refractivity contribution is 5.69. The molecule has 0 radical (unpaired) electrons. The molecule has 0 nitrogen and oxygen atoms in total. The van der Waals surface area contributed by atoms with Crippen LogP contribution >= 0.6 is 0 Å². The summed E-state index contributed by atoms with van der Waals surface area (Å²) in [5.41, 5.74) is 6.13. The Balaban J connectivity index is 2.50. The first-order valence-corrected chi connectivity index (χ1v) is 7.85. The molecule has 0 atom stereocenters. The van der Waals surface area contributed by atoms with Crippen LogP contribution in [0.25, 0.3) is 11.1 Å². The molecule has 0 aromatic rings. The first-order valence-electron chi connectivity index (χ1n) is 7.85. The summed E-state index contributed by atoms with van der Waals surface area (Å²) in [6, 6.07) is 13.9. The molecular weight excluding hydrogens is 240 g/mol. The Labute approximate surface area is 124 Å². The van der Waals surface area contributed by atoms with Gasteiger partial charge in [-0.1, -0.05) is 77.9 Å². The predicted molar refractivity (Wildman–Crippen MR) is 89.7 cm³/mol. The zero-order valence-electron chi connectivity index (χ0n) is 13.9. The van der Waals surface area contributed by atoms with Gasteiger partial charge in [0.15, 0.2) is 0 Å². The van der Waals surface area contributed by atoms with Gasteiger partial charge in [0, 0.05) is 0 Å². The summed E-state index contributed by atoms with van der Waals surface area (Å²) >= 11 is 0. The van der Waals surface area contributed by atoms with E-state index in [1.807, 2.05) is 0 Å². The molecule has 108 valence electrons. The van der Waals surface area contributed by atoms with E-state index in [4.69, 9.17) is 0 Å². The van der Waals surface area contributed by atoms with Crippen LogP contribution in [0.5, 0.6) is 0 Å². The van der Waals surface area contributed by atoms with E-state index in [1.165, 1.54) is 35.1 Å². The molecule has 2 aliphatic rings. The van der Waals surface area contributed by atoms with Crippen molar-refractivity contribution in [1.82, 2.24) is 0 Å². The van der Waals surface area contributed by atoms with Gasteiger partial charge in [0.05, 0.1) is 0 Å². The van der Waals surface area contributed by atoms with Crippen molar-refractivity contribution in [2.24, 2.45) is 0 Å². The van der Waals surface area contributed by atoms with Crippen molar-refractivity contribution in [3.8, 4) is 11.1 Å². The zero-order valence-corrected chi connectivity index (χ0v) is 13.9. The molecule has 0 aromatic heterocycles. The second kappa shape index (κ2) is 5.24. The quantitative estimate of drug-likeness (QED) is 0.624. The fraction of sp³-hybridized carbons (Fsp3) is 0.500. The van der Waals surface area contributed by atoms with Crippen molar-refractivity contribution in [1.29, 1.82) is 0 Å². The standard InChI is InChI=1S/C20H28/c1-7-20(6,8-2)18-13-15-9-11-17(19(3,4)5)12-10-16(15)14-18/h9-14H,7-8H2,1-6H3. The summed E-state index contributed by atoms with van der Waals surface area (Å²) in [6.07, 6.45) is 2.39. The van der Waals surface area contributed by atoms with Gasteiger partial charge in [-0.2, -0.15) is 0 Å². The van der Waals surface area contributed by atoms with Gasteiger partial charge in [0.1, 0.15) is 0 Å². The topological polar surface area (TPSA) is 0 Å². The Morgan fingerprint density at radius 3 is 1.50 bits per heavy atom. The van der Waals surface area contributed by atoms with Crippen molar-refractivity contribution in [3.05, 3.63) is 47.5 Å². The van der Waals surface area contributed by atoms with Crippen LogP contribution in [0.4, 0.5) is 0 Å². The minimum Gasteiger partial charge on any atom is -0.0645 e. The third kappa shape index (κ3) is 2.75. The smallest absolute Gasteiger partial charge is 0.00800 e. The molecule has 2 aliphatic carbocycles. The van der Waals surface area contributed by atoms with E-state index in [2.05, 4.69) is 77.9 Å². The average Bonchev–Trinajstić information content (AvgIpc) is 2.70. The van der Waals surface area contributed by atoms with E-state index in [9.17, 15) is 0 Å². The summed E-state index contributed by atoms with van der Waals surface area (Å²) in [5.74, 6) is 0. The molecule has 2 rings (SSSR count). The predicted octanol–water partition coefficient (Wildman–Crippen LogP) is 6.17. The fourth-order valence-electron chi connectivity index (χ4n) is 2.75. The van der Waals surface area contributed by atoms with Crippen LogP contribution in [0.2, 0.25) is 0 Å². The van der Waals surface area contributed by atoms with Gasteiger partial charge in [-0.15, -0.1) is 0 Å². The molecule has 0 heteroatoms. The molecule has 0 heterocycles. The van der Waals surface area contributed by atoms with Gasteiger partial charge in [-0.3, -0.25) is 0 Å². The summed E-state index contributed by atoms with van der Waals surface area (Å²) in [6.45, 7) is 13.8. The van der Waals surface area contributed by atoms with Crippen molar-refractivity contribution < 1.29 is 0 Å². The molecule has 0 fully saturated rings. The third-order valence-corrected chi connectivity index (χ3v) is 4.96. The van der Waals surface area contributed by atoms with E-state index in [0.29, 0.717) is 5.41 Å². The molecule has 0 N–H and O–H groups in total. The first-order chi connectivity index (χ1) is 9.30. The van der Waals surface area contributed by atoms with E-state index >= 15 is 0 Å². The molecule has 0 saturated heterocycles. The molecule has 0 bridgehead atoms. The number of rotatable bonds is 3. The Hall–Kier alpha value is -1.30. The van der Waals surface area contributed by atoms with Gasteiger partial charge >= 0.3 is 0 Å². The van der Waals surface area contributed by atoms with Crippen LogP contribution < -0.4 is 0 Å². The molecule has 20 heavy (non-hydrogen) atoms. The van der Waals surface area contributed by atoms with Crippen LogP contribution in [0.15, 0.2) is 36.4 Å². The van der Waals surface area contributed by atoms with Crippen molar-refractivity contribution in [2.45, 2.75) is 65.2 Å². The highest BCUT2D eigenvalue weighted by atomic mass is 14.3. The Bertz CT molecular complexity index is 519. The lowest BCUT2D eigenvalue weighted by Gasteiger charge is -2.25. The molecular formula is C20H28. The third-order valence-electron chi connectivity index (χ3n) is 4.96. The summed E-state index contributed by atoms with van der Waals surface area (Å²) in [4.78, 5) is 0. The summed E-state index contributed by atoms with van der Waals surface area (Å²) in [5, 5.41) is 0. The highest BCUT2D eigenvalue weighted by Gasteiger charge is 2.24. The van der Waals surface area contributed by atoms with Gasteiger partial charge < -0.3 is 0 Å². The van der Waals surface area contributed by atoms with Crippen molar-refractivity contribution in [3.63, 3.8) is 0 Å². The molecule has 0 aromatic carbocycles. The number of fused-ring (bicyclic) bond motifs is 1. The number of hydrogen-bond acceptors (Lipinski definition) is 0. The average molecular weight is 268 g/mol. The van der Waals surface area contributed by atoms with Gasteiger partial charge in [0.2, 0.25) is 0 Å². The van der Waals surface area contributed by atoms with Gasteiger partial charge in [-0.05, 0) is 45.9 Å². The Morgan fingerprint density at radius 2 is 1.15 bits per heavy atom.